The molecule has 0 radical (unpaired) electrons. The maximum atomic E-state index is 12.5. The van der Waals surface area contributed by atoms with Gasteiger partial charge in [0.1, 0.15) is 12.3 Å². The highest BCUT2D eigenvalue weighted by Crippen LogP contribution is 2.18. The molecule has 0 spiro atoms. The molecule has 0 bridgehead atoms. The van der Waals surface area contributed by atoms with E-state index in [-0.39, 0.29) is 12.7 Å². The van der Waals surface area contributed by atoms with Crippen LogP contribution in [0.2, 0.25) is 0 Å². The number of methoxy groups -OCH3 is 1. The number of amides is 4. The molecule has 1 saturated heterocycles. The van der Waals surface area contributed by atoms with Gasteiger partial charge in [-0.25, -0.2) is 9.69 Å². The Bertz CT molecular complexity index is 682. The van der Waals surface area contributed by atoms with Gasteiger partial charge in [0.25, 0.3) is 0 Å². The Kier molecular flexibility index (Phi) is 4.76. The highest BCUT2D eigenvalue weighted by atomic mass is 16.5. The van der Waals surface area contributed by atoms with Gasteiger partial charge in [-0.3, -0.25) is 14.5 Å². The number of hydrogen-bond acceptors (Lipinski definition) is 4. The zero-order valence-electron chi connectivity index (χ0n) is 14.8. The molecular weight excluding hydrogens is 322 g/mol. The SMILES string of the molecule is COc1ccc(C[NH+](CN2C(=O)C(=O)N(C(C)C)C2=O)C2CC2)cc1. The van der Waals surface area contributed by atoms with Crippen LogP contribution in [0, 0.1) is 0 Å². The van der Waals surface area contributed by atoms with Crippen molar-refractivity contribution < 1.29 is 24.0 Å². The van der Waals surface area contributed by atoms with Crippen molar-refractivity contribution in [3.8, 4) is 5.75 Å². The zero-order valence-corrected chi connectivity index (χ0v) is 14.8. The topological polar surface area (TPSA) is 71.4 Å². The van der Waals surface area contributed by atoms with Gasteiger partial charge in [0.2, 0.25) is 0 Å². The van der Waals surface area contributed by atoms with Gasteiger partial charge in [-0.2, -0.15) is 0 Å². The Hall–Kier alpha value is -2.41. The molecule has 4 amide bonds. The lowest BCUT2D eigenvalue weighted by Gasteiger charge is -2.24. The van der Waals surface area contributed by atoms with Crippen molar-refractivity contribution in [3.05, 3.63) is 29.8 Å². The molecule has 1 aliphatic heterocycles. The van der Waals surface area contributed by atoms with E-state index in [4.69, 9.17) is 4.74 Å². The van der Waals surface area contributed by atoms with E-state index in [0.29, 0.717) is 12.6 Å². The number of hydrogen-bond donors (Lipinski definition) is 1. The number of carbonyl (C=O) groups excluding carboxylic acids is 3. The smallest absolute Gasteiger partial charge is 0.338 e. The maximum Gasteiger partial charge on any atom is 0.338 e. The number of urea groups is 1. The highest BCUT2D eigenvalue weighted by molar-refractivity contribution is 6.44. The number of imide groups is 2. The Labute approximate surface area is 147 Å². The Morgan fingerprint density at radius 3 is 2.24 bits per heavy atom. The van der Waals surface area contributed by atoms with Crippen LogP contribution in [-0.4, -0.2) is 53.5 Å². The van der Waals surface area contributed by atoms with E-state index in [1.807, 2.05) is 24.3 Å². The van der Waals surface area contributed by atoms with Crippen LogP contribution in [-0.2, 0) is 16.1 Å². The van der Waals surface area contributed by atoms with Crippen LogP contribution in [0.5, 0.6) is 5.75 Å². The van der Waals surface area contributed by atoms with Gasteiger partial charge < -0.3 is 9.64 Å². The average molecular weight is 346 g/mol. The second kappa shape index (κ2) is 6.84. The highest BCUT2D eigenvalue weighted by Gasteiger charge is 2.48. The maximum absolute atomic E-state index is 12.5. The molecule has 0 aromatic heterocycles. The lowest BCUT2D eigenvalue weighted by atomic mass is 10.2. The van der Waals surface area contributed by atoms with Gasteiger partial charge in [-0.1, -0.05) is 0 Å². The molecule has 1 aliphatic carbocycles. The predicted molar refractivity (Wildman–Crippen MR) is 89.8 cm³/mol. The van der Waals surface area contributed by atoms with E-state index in [2.05, 4.69) is 0 Å². The summed E-state index contributed by atoms with van der Waals surface area (Å²) in [6.45, 7) is 4.38. The molecule has 25 heavy (non-hydrogen) atoms. The number of carbonyl (C=O) groups is 3. The summed E-state index contributed by atoms with van der Waals surface area (Å²) < 4.78 is 5.17. The zero-order chi connectivity index (χ0) is 18.1. The molecule has 1 N–H and O–H groups in total. The summed E-state index contributed by atoms with van der Waals surface area (Å²) in [5.74, 6) is -0.647. The fraction of sp³-hybridized carbons (Fsp3) is 0.500. The third-order valence-electron chi connectivity index (χ3n) is 4.71. The average Bonchev–Trinajstić information content (AvgIpc) is 3.40. The summed E-state index contributed by atoms with van der Waals surface area (Å²) in [4.78, 5) is 40.0. The van der Waals surface area contributed by atoms with Crippen molar-refractivity contribution in [2.75, 3.05) is 13.8 Å². The van der Waals surface area contributed by atoms with Crippen LogP contribution in [0.15, 0.2) is 24.3 Å². The number of quaternary nitrogens is 1. The first kappa shape index (κ1) is 17.4. The van der Waals surface area contributed by atoms with Gasteiger partial charge in [-0.05, 0) is 38.1 Å². The van der Waals surface area contributed by atoms with E-state index in [0.717, 1.165) is 38.9 Å². The van der Waals surface area contributed by atoms with Gasteiger partial charge in [-0.15, -0.1) is 0 Å². The molecule has 3 rings (SSSR count). The third-order valence-corrected chi connectivity index (χ3v) is 4.71. The van der Waals surface area contributed by atoms with Gasteiger partial charge in [0.15, 0.2) is 6.67 Å². The first-order valence-corrected chi connectivity index (χ1v) is 8.59. The molecule has 1 unspecified atom stereocenters. The largest absolute Gasteiger partial charge is 0.497 e. The Balaban J connectivity index is 1.72. The molecule has 7 heteroatoms. The molecule has 2 aliphatic rings. The summed E-state index contributed by atoms with van der Waals surface area (Å²) in [6.07, 6.45) is 2.15. The minimum Gasteiger partial charge on any atom is -0.497 e. The van der Waals surface area contributed by atoms with E-state index in [1.54, 1.807) is 21.0 Å². The summed E-state index contributed by atoms with van der Waals surface area (Å²) in [6, 6.07) is 7.37. The number of benzene rings is 1. The normalized spacial score (nSPS) is 19.1. The van der Waals surface area contributed by atoms with Crippen molar-refractivity contribution in [2.24, 2.45) is 0 Å². The number of ether oxygens (including phenoxy) is 1. The molecule has 1 aromatic carbocycles. The summed E-state index contributed by atoms with van der Waals surface area (Å²) in [5, 5.41) is 0. The predicted octanol–water partition coefficient (Wildman–Crippen LogP) is 0.399. The minimum absolute atomic E-state index is 0.226. The molecular formula is C18H24N3O4+. The Morgan fingerprint density at radius 1 is 1.12 bits per heavy atom. The fourth-order valence-electron chi connectivity index (χ4n) is 3.15. The standard InChI is InChI=1S/C18H23N3O4/c1-12(2)21-17(23)16(22)20(18(21)24)11-19(14-6-7-14)10-13-4-8-15(25-3)9-5-13/h4-5,8-9,12,14H,6-7,10-11H2,1-3H3/p+1. The molecule has 2 fully saturated rings. The monoisotopic (exact) mass is 346 g/mol. The number of rotatable bonds is 7. The van der Waals surface area contributed by atoms with Crippen molar-refractivity contribution in [3.63, 3.8) is 0 Å². The van der Waals surface area contributed by atoms with E-state index in [1.165, 1.54) is 0 Å². The van der Waals surface area contributed by atoms with Crippen LogP contribution in [0.3, 0.4) is 0 Å². The molecule has 1 heterocycles. The second-order valence-corrected chi connectivity index (χ2v) is 6.90. The van der Waals surface area contributed by atoms with Gasteiger partial charge in [0, 0.05) is 24.4 Å². The molecule has 1 aromatic rings. The van der Waals surface area contributed by atoms with Crippen LogP contribution < -0.4 is 9.64 Å². The lowest BCUT2D eigenvalue weighted by molar-refractivity contribution is -0.931. The van der Waals surface area contributed by atoms with Crippen molar-refractivity contribution in [1.29, 1.82) is 0 Å². The third kappa shape index (κ3) is 3.51. The fourth-order valence-corrected chi connectivity index (χ4v) is 3.15. The van der Waals surface area contributed by atoms with E-state index < -0.39 is 17.8 Å². The van der Waals surface area contributed by atoms with Crippen LogP contribution in [0.4, 0.5) is 4.79 Å². The number of nitrogens with zero attached hydrogens (tertiary/aromatic N) is 2. The first-order valence-electron chi connectivity index (χ1n) is 8.59. The molecule has 1 saturated carbocycles. The van der Waals surface area contributed by atoms with Crippen LogP contribution in [0.1, 0.15) is 32.3 Å². The van der Waals surface area contributed by atoms with Crippen LogP contribution in [0.25, 0.3) is 0 Å². The van der Waals surface area contributed by atoms with Crippen LogP contribution >= 0.6 is 0 Å². The first-order chi connectivity index (χ1) is 11.9. The van der Waals surface area contributed by atoms with E-state index >= 15 is 0 Å². The van der Waals surface area contributed by atoms with E-state index in [9.17, 15) is 14.4 Å². The molecule has 134 valence electrons. The summed E-state index contributed by atoms with van der Waals surface area (Å²) >= 11 is 0. The second-order valence-electron chi connectivity index (χ2n) is 6.90. The lowest BCUT2D eigenvalue weighted by Crippen LogP contribution is -3.13. The molecule has 1 atom stereocenters. The number of nitrogens with one attached hydrogen (secondary N) is 1. The molecule has 7 nitrogen and oxygen atoms in total. The quantitative estimate of drug-likeness (QED) is 0.573. The Morgan fingerprint density at radius 2 is 1.76 bits per heavy atom. The van der Waals surface area contributed by atoms with Gasteiger partial charge >= 0.3 is 17.8 Å². The summed E-state index contributed by atoms with van der Waals surface area (Å²) in [7, 11) is 1.62. The van der Waals surface area contributed by atoms with Crippen molar-refractivity contribution >= 4 is 17.8 Å². The van der Waals surface area contributed by atoms with Crippen molar-refractivity contribution in [1.82, 2.24) is 9.80 Å². The van der Waals surface area contributed by atoms with Crippen molar-refractivity contribution in [2.45, 2.75) is 45.3 Å². The summed E-state index contributed by atoms with van der Waals surface area (Å²) in [5.41, 5.74) is 1.11. The van der Waals surface area contributed by atoms with Gasteiger partial charge in [0.05, 0.1) is 13.2 Å². The minimum atomic E-state index is -0.723.